The summed E-state index contributed by atoms with van der Waals surface area (Å²) >= 11 is 0. The minimum absolute atomic E-state index is 0.859. The van der Waals surface area contributed by atoms with Crippen molar-refractivity contribution in [2.45, 2.75) is 70.6 Å². The molecule has 8 aliphatic carbocycles. The highest BCUT2D eigenvalue weighted by atomic mass is 14.7. The molecule has 8 aliphatic rings. The molecule has 0 nitrogen and oxygen atoms in total. The predicted molar refractivity (Wildman–Crippen MR) is 80.9 cm³/mol. The van der Waals surface area contributed by atoms with Gasteiger partial charge in [-0.25, -0.2) is 0 Å². The van der Waals surface area contributed by atoms with E-state index in [2.05, 4.69) is 0 Å². The molecule has 2 unspecified atom stereocenters. The van der Waals surface area contributed by atoms with E-state index in [0.29, 0.717) is 0 Å². The van der Waals surface area contributed by atoms with E-state index in [1.54, 1.807) is 70.6 Å². The highest BCUT2D eigenvalue weighted by Gasteiger charge is 2.60. The van der Waals surface area contributed by atoms with Gasteiger partial charge in [0.1, 0.15) is 0 Å². The Hall–Kier alpha value is 0. The van der Waals surface area contributed by atoms with Crippen molar-refractivity contribution in [1.29, 1.82) is 0 Å². The molecule has 0 heteroatoms. The van der Waals surface area contributed by atoms with Gasteiger partial charge in [-0.15, -0.1) is 0 Å². The fourth-order valence-electron chi connectivity index (χ4n) is 9.20. The summed E-state index contributed by atoms with van der Waals surface area (Å²) in [5.74, 6) is 10.1. The Morgan fingerprint density at radius 2 is 1.15 bits per heavy atom. The summed E-state index contributed by atoms with van der Waals surface area (Å²) in [6.07, 6.45) is 17.8. The standard InChI is InChI=1S/C20H29/c1-12-5-17-7-13(1)8-18(6-12)19(17)20-9-14-2-15(10-20)4-16(3-14)11-20/h12,14-19H,1-11H2. The Morgan fingerprint density at radius 3 is 1.65 bits per heavy atom. The molecule has 0 aromatic heterocycles. The first-order valence-corrected chi connectivity index (χ1v) is 9.61. The van der Waals surface area contributed by atoms with Crippen LogP contribution in [0.1, 0.15) is 70.6 Å². The molecule has 0 N–H and O–H groups in total. The van der Waals surface area contributed by atoms with Crippen molar-refractivity contribution < 1.29 is 0 Å². The first-order chi connectivity index (χ1) is 9.77. The Balaban J connectivity index is 1.39. The maximum absolute atomic E-state index is 2.00. The molecule has 0 aromatic rings. The van der Waals surface area contributed by atoms with Crippen molar-refractivity contribution in [1.82, 2.24) is 0 Å². The zero-order valence-electron chi connectivity index (χ0n) is 12.8. The molecular formula is C20H29. The summed E-state index contributed by atoms with van der Waals surface area (Å²) in [5.41, 5.74) is 0.859. The predicted octanol–water partition coefficient (Wildman–Crippen LogP) is 5.23. The molecule has 1 radical (unpaired) electrons. The SMILES string of the molecule is C1[C]2CC3CC1CC(C2)C3C12CC3CC(CC(C3)C1)C2. The monoisotopic (exact) mass is 269 g/mol. The van der Waals surface area contributed by atoms with Gasteiger partial charge in [0.15, 0.2) is 0 Å². The topological polar surface area (TPSA) is 0 Å². The molecule has 8 rings (SSSR count). The van der Waals surface area contributed by atoms with E-state index in [0.717, 1.165) is 40.9 Å². The lowest BCUT2D eigenvalue weighted by molar-refractivity contribution is -0.149. The molecule has 0 spiro atoms. The van der Waals surface area contributed by atoms with Crippen LogP contribution in [0.5, 0.6) is 0 Å². The van der Waals surface area contributed by atoms with Crippen LogP contribution in [0.4, 0.5) is 0 Å². The average molecular weight is 269 g/mol. The van der Waals surface area contributed by atoms with Crippen LogP contribution in [0.25, 0.3) is 0 Å². The minimum Gasteiger partial charge on any atom is -0.0475 e. The van der Waals surface area contributed by atoms with Gasteiger partial charge in [-0.3, -0.25) is 0 Å². The molecule has 109 valence electrons. The van der Waals surface area contributed by atoms with Gasteiger partial charge >= 0.3 is 0 Å². The van der Waals surface area contributed by atoms with Gasteiger partial charge in [-0.1, -0.05) is 0 Å². The third-order valence-corrected chi connectivity index (χ3v) is 8.76. The lowest BCUT2D eigenvalue weighted by Gasteiger charge is -2.66. The Morgan fingerprint density at radius 1 is 0.600 bits per heavy atom. The van der Waals surface area contributed by atoms with Crippen molar-refractivity contribution in [3.8, 4) is 0 Å². The van der Waals surface area contributed by atoms with Crippen LogP contribution in [-0.2, 0) is 0 Å². The molecule has 8 bridgehead atoms. The summed E-state index contributed by atoms with van der Waals surface area (Å²) in [4.78, 5) is 0. The van der Waals surface area contributed by atoms with Gasteiger partial charge in [0, 0.05) is 0 Å². The number of hydrogen-bond acceptors (Lipinski definition) is 0. The van der Waals surface area contributed by atoms with Crippen molar-refractivity contribution in [2.24, 2.45) is 46.8 Å². The lowest BCUT2D eigenvalue weighted by atomic mass is 9.39. The smallest absolute Gasteiger partial charge is 0.0233 e. The maximum Gasteiger partial charge on any atom is -0.0233 e. The highest BCUT2D eigenvalue weighted by molar-refractivity contribution is 5.16. The van der Waals surface area contributed by atoms with Crippen LogP contribution < -0.4 is 0 Å². The first-order valence-electron chi connectivity index (χ1n) is 9.61. The van der Waals surface area contributed by atoms with Gasteiger partial charge in [-0.2, -0.15) is 0 Å². The van der Waals surface area contributed by atoms with Crippen LogP contribution in [0.3, 0.4) is 0 Å². The van der Waals surface area contributed by atoms with Crippen molar-refractivity contribution in [3.63, 3.8) is 0 Å². The van der Waals surface area contributed by atoms with Crippen LogP contribution in [0.2, 0.25) is 0 Å². The quantitative estimate of drug-likeness (QED) is 0.611. The molecule has 20 heavy (non-hydrogen) atoms. The summed E-state index contributed by atoms with van der Waals surface area (Å²) in [5, 5.41) is 0. The van der Waals surface area contributed by atoms with Gasteiger partial charge in [0.05, 0.1) is 0 Å². The maximum atomic E-state index is 2.00. The van der Waals surface area contributed by atoms with E-state index in [1.807, 2.05) is 5.92 Å². The third kappa shape index (κ3) is 1.40. The van der Waals surface area contributed by atoms with Crippen LogP contribution >= 0.6 is 0 Å². The third-order valence-electron chi connectivity index (χ3n) is 8.76. The Kier molecular flexibility index (Phi) is 2.12. The molecule has 2 atom stereocenters. The molecule has 0 aromatic carbocycles. The number of rotatable bonds is 1. The van der Waals surface area contributed by atoms with Crippen LogP contribution in [0, 0.1) is 52.8 Å². The van der Waals surface area contributed by atoms with E-state index >= 15 is 0 Å². The van der Waals surface area contributed by atoms with Gasteiger partial charge in [0.25, 0.3) is 0 Å². The van der Waals surface area contributed by atoms with E-state index < -0.39 is 0 Å². The van der Waals surface area contributed by atoms with Gasteiger partial charge < -0.3 is 0 Å². The second kappa shape index (κ2) is 3.66. The molecule has 0 saturated heterocycles. The summed E-state index contributed by atoms with van der Waals surface area (Å²) in [6, 6.07) is 0. The molecule has 8 saturated carbocycles. The van der Waals surface area contributed by atoms with Crippen molar-refractivity contribution in [2.75, 3.05) is 0 Å². The summed E-state index contributed by atoms with van der Waals surface area (Å²) < 4.78 is 0. The fourth-order valence-corrected chi connectivity index (χ4v) is 9.20. The second-order valence-corrected chi connectivity index (χ2v) is 10.0. The highest BCUT2D eigenvalue weighted by Crippen LogP contribution is 2.70. The second-order valence-electron chi connectivity index (χ2n) is 10.0. The molecule has 0 amide bonds. The summed E-state index contributed by atoms with van der Waals surface area (Å²) in [6.45, 7) is 0. The number of hydrogen-bond donors (Lipinski definition) is 0. The zero-order chi connectivity index (χ0) is 12.9. The normalized spacial score (nSPS) is 63.3. The van der Waals surface area contributed by atoms with Gasteiger partial charge in [-0.05, 0) is 123 Å². The van der Waals surface area contributed by atoms with Crippen LogP contribution in [0.15, 0.2) is 0 Å². The molecule has 0 heterocycles. The van der Waals surface area contributed by atoms with E-state index in [9.17, 15) is 0 Å². The van der Waals surface area contributed by atoms with Gasteiger partial charge in [0.2, 0.25) is 0 Å². The molecular weight excluding hydrogens is 240 g/mol. The fraction of sp³-hybridized carbons (Fsp3) is 0.950. The Labute approximate surface area is 124 Å². The van der Waals surface area contributed by atoms with E-state index in [4.69, 9.17) is 0 Å². The van der Waals surface area contributed by atoms with Crippen molar-refractivity contribution >= 4 is 0 Å². The minimum atomic E-state index is 0.859. The Bertz CT molecular complexity index is 370. The summed E-state index contributed by atoms with van der Waals surface area (Å²) in [7, 11) is 0. The largest absolute Gasteiger partial charge is 0.0475 e. The van der Waals surface area contributed by atoms with E-state index in [1.165, 1.54) is 5.92 Å². The lowest BCUT2D eigenvalue weighted by Crippen LogP contribution is -2.57. The zero-order valence-corrected chi connectivity index (χ0v) is 12.8. The molecule has 0 aliphatic heterocycles. The van der Waals surface area contributed by atoms with Crippen LogP contribution in [-0.4, -0.2) is 0 Å². The average Bonchev–Trinajstić information content (AvgIpc) is 2.34. The van der Waals surface area contributed by atoms with E-state index in [-0.39, 0.29) is 0 Å². The molecule has 8 fully saturated rings. The van der Waals surface area contributed by atoms with Crippen molar-refractivity contribution in [3.05, 3.63) is 5.92 Å². The first kappa shape index (κ1) is 11.6.